The summed E-state index contributed by atoms with van der Waals surface area (Å²) in [7, 11) is 0. The van der Waals surface area contributed by atoms with Gasteiger partial charge in [0.2, 0.25) is 17.5 Å². The molecule has 0 aromatic heterocycles. The third kappa shape index (κ3) is 2.03. The topological polar surface area (TPSA) is 63.2 Å². The molecule has 1 amide bonds. The molecule has 1 atom stereocenters. The third-order valence-corrected chi connectivity index (χ3v) is 4.37. The van der Waals surface area contributed by atoms with E-state index in [2.05, 4.69) is 5.32 Å². The Bertz CT molecular complexity index is 880. The summed E-state index contributed by atoms with van der Waals surface area (Å²) in [6.07, 6.45) is 0.171. The highest BCUT2D eigenvalue weighted by atomic mass is 16.2. The molecular formula is C19H13NO3. The highest BCUT2D eigenvalue weighted by Gasteiger charge is 2.40. The van der Waals surface area contributed by atoms with Crippen molar-refractivity contribution in [1.82, 2.24) is 5.32 Å². The minimum absolute atomic E-state index is 0.144. The second-order valence-corrected chi connectivity index (χ2v) is 5.71. The fraction of sp³-hybridized carbons (Fsp3) is 0.105. The molecule has 1 heterocycles. The van der Waals surface area contributed by atoms with Crippen LogP contribution >= 0.6 is 0 Å². The first-order valence-electron chi connectivity index (χ1n) is 7.44. The lowest BCUT2D eigenvalue weighted by Crippen LogP contribution is -2.39. The molecule has 0 bridgehead atoms. The Morgan fingerprint density at radius 3 is 2.17 bits per heavy atom. The van der Waals surface area contributed by atoms with E-state index < -0.39 is 11.6 Å². The van der Waals surface area contributed by atoms with Crippen molar-refractivity contribution in [2.45, 2.75) is 12.3 Å². The molecule has 1 aliphatic carbocycles. The predicted octanol–water partition coefficient (Wildman–Crippen LogP) is 2.47. The van der Waals surface area contributed by atoms with Crippen molar-refractivity contribution in [3.8, 4) is 0 Å². The summed E-state index contributed by atoms with van der Waals surface area (Å²) in [4.78, 5) is 37.2. The Balaban J connectivity index is 1.97. The lowest BCUT2D eigenvalue weighted by Gasteiger charge is -2.31. The molecule has 23 heavy (non-hydrogen) atoms. The number of carbonyl (C=O) groups is 3. The van der Waals surface area contributed by atoms with Crippen LogP contribution in [0.1, 0.15) is 33.8 Å². The Morgan fingerprint density at radius 1 is 0.783 bits per heavy atom. The van der Waals surface area contributed by atoms with Crippen LogP contribution in [0.3, 0.4) is 0 Å². The molecule has 4 nitrogen and oxygen atoms in total. The summed E-state index contributed by atoms with van der Waals surface area (Å²) >= 11 is 0. The summed E-state index contributed by atoms with van der Waals surface area (Å²) in [5.41, 5.74) is 2.73. The number of ketones is 2. The monoisotopic (exact) mass is 303 g/mol. The Labute approximate surface area is 132 Å². The quantitative estimate of drug-likeness (QED) is 0.823. The van der Waals surface area contributed by atoms with E-state index in [1.807, 2.05) is 30.3 Å². The highest BCUT2D eigenvalue weighted by molar-refractivity contribution is 6.53. The molecule has 1 aliphatic heterocycles. The van der Waals surface area contributed by atoms with Gasteiger partial charge in [-0.2, -0.15) is 0 Å². The van der Waals surface area contributed by atoms with E-state index in [1.165, 1.54) is 0 Å². The first-order valence-corrected chi connectivity index (χ1v) is 7.44. The SMILES string of the molecule is O=C1CC(c2ccccc2)C2=C(N1)c1ccccc1C(=O)C2=O. The van der Waals surface area contributed by atoms with Crippen LogP contribution in [-0.2, 0) is 9.59 Å². The van der Waals surface area contributed by atoms with Crippen LogP contribution in [0.5, 0.6) is 0 Å². The van der Waals surface area contributed by atoms with Crippen molar-refractivity contribution in [3.63, 3.8) is 0 Å². The van der Waals surface area contributed by atoms with Crippen molar-refractivity contribution in [2.24, 2.45) is 0 Å². The smallest absolute Gasteiger partial charge is 0.233 e. The van der Waals surface area contributed by atoms with Gasteiger partial charge in [-0.1, -0.05) is 54.6 Å². The average molecular weight is 303 g/mol. The number of amides is 1. The summed E-state index contributed by atoms with van der Waals surface area (Å²) < 4.78 is 0. The number of Topliss-reactive ketones (excluding diaryl/α,β-unsaturated/α-hetero) is 2. The number of allylic oxidation sites excluding steroid dienone is 1. The first kappa shape index (κ1) is 13.6. The zero-order chi connectivity index (χ0) is 16.0. The van der Waals surface area contributed by atoms with Crippen LogP contribution in [0.2, 0.25) is 0 Å². The van der Waals surface area contributed by atoms with E-state index in [-0.39, 0.29) is 18.2 Å². The van der Waals surface area contributed by atoms with Crippen LogP contribution in [0, 0.1) is 0 Å². The number of nitrogens with one attached hydrogen (secondary N) is 1. The Hall–Kier alpha value is -3.01. The van der Waals surface area contributed by atoms with Crippen molar-refractivity contribution in [3.05, 3.63) is 76.9 Å². The molecule has 2 aromatic rings. The Morgan fingerprint density at radius 2 is 1.43 bits per heavy atom. The van der Waals surface area contributed by atoms with Gasteiger partial charge in [0.15, 0.2) is 0 Å². The third-order valence-electron chi connectivity index (χ3n) is 4.37. The molecule has 2 aliphatic rings. The van der Waals surface area contributed by atoms with Crippen molar-refractivity contribution in [2.75, 3.05) is 0 Å². The van der Waals surface area contributed by atoms with Crippen molar-refractivity contribution >= 4 is 23.2 Å². The number of hydrogen-bond acceptors (Lipinski definition) is 3. The van der Waals surface area contributed by atoms with Gasteiger partial charge >= 0.3 is 0 Å². The Kier molecular flexibility index (Phi) is 2.98. The van der Waals surface area contributed by atoms with Crippen molar-refractivity contribution in [1.29, 1.82) is 0 Å². The van der Waals surface area contributed by atoms with Gasteiger partial charge in [-0.05, 0) is 5.56 Å². The molecule has 0 saturated heterocycles. The average Bonchev–Trinajstić information content (AvgIpc) is 2.59. The van der Waals surface area contributed by atoms with Crippen LogP contribution in [0.15, 0.2) is 60.2 Å². The minimum Gasteiger partial charge on any atom is -0.325 e. The normalized spacial score (nSPS) is 20.0. The maximum atomic E-state index is 12.7. The highest BCUT2D eigenvalue weighted by Crippen LogP contribution is 2.40. The predicted molar refractivity (Wildman–Crippen MR) is 84.6 cm³/mol. The summed E-state index contributed by atoms with van der Waals surface area (Å²) in [6.45, 7) is 0. The van der Waals surface area contributed by atoms with Gasteiger partial charge in [-0.3, -0.25) is 14.4 Å². The number of benzene rings is 2. The summed E-state index contributed by atoms with van der Waals surface area (Å²) in [5, 5.41) is 2.79. The number of rotatable bonds is 1. The zero-order valence-electron chi connectivity index (χ0n) is 12.2. The van der Waals surface area contributed by atoms with Gasteiger partial charge in [-0.25, -0.2) is 0 Å². The molecule has 0 fully saturated rings. The fourth-order valence-electron chi connectivity index (χ4n) is 3.32. The number of hydrogen-bond donors (Lipinski definition) is 1. The molecule has 0 saturated carbocycles. The standard InChI is InChI=1S/C19H13NO3/c21-15-10-14(11-6-2-1-3-7-11)16-17(20-15)12-8-4-5-9-13(12)18(22)19(16)23/h1-9,14H,10H2,(H,20,21). The maximum absolute atomic E-state index is 12.7. The molecule has 2 aromatic carbocycles. The van der Waals surface area contributed by atoms with Crippen molar-refractivity contribution < 1.29 is 14.4 Å². The molecule has 4 heteroatoms. The summed E-state index contributed by atoms with van der Waals surface area (Å²) in [5.74, 6) is -1.55. The van der Waals surface area contributed by atoms with Crippen LogP contribution in [0.4, 0.5) is 0 Å². The zero-order valence-corrected chi connectivity index (χ0v) is 12.2. The largest absolute Gasteiger partial charge is 0.325 e. The van der Waals surface area contributed by atoms with E-state index in [0.29, 0.717) is 22.4 Å². The second-order valence-electron chi connectivity index (χ2n) is 5.71. The summed E-state index contributed by atoms with van der Waals surface area (Å²) in [6, 6.07) is 16.3. The molecule has 0 radical (unpaired) electrons. The lowest BCUT2D eigenvalue weighted by atomic mass is 9.75. The van der Waals surface area contributed by atoms with Gasteiger partial charge in [0.1, 0.15) is 0 Å². The van der Waals surface area contributed by atoms with E-state index in [9.17, 15) is 14.4 Å². The molecule has 0 spiro atoms. The fourth-order valence-corrected chi connectivity index (χ4v) is 3.32. The molecule has 4 rings (SSSR count). The maximum Gasteiger partial charge on any atom is 0.233 e. The van der Waals surface area contributed by atoms with Gasteiger partial charge in [0.05, 0.1) is 5.70 Å². The van der Waals surface area contributed by atoms with Gasteiger partial charge in [0, 0.05) is 29.0 Å². The lowest BCUT2D eigenvalue weighted by molar-refractivity contribution is -0.120. The van der Waals surface area contributed by atoms with E-state index in [0.717, 1.165) is 5.56 Å². The number of carbonyl (C=O) groups excluding carboxylic acids is 3. The van der Waals surface area contributed by atoms with E-state index in [1.54, 1.807) is 24.3 Å². The molecule has 1 unspecified atom stereocenters. The molecular weight excluding hydrogens is 290 g/mol. The van der Waals surface area contributed by atoms with E-state index in [4.69, 9.17) is 0 Å². The van der Waals surface area contributed by atoms with Gasteiger partial charge in [0.25, 0.3) is 0 Å². The first-order chi connectivity index (χ1) is 11.2. The number of fused-ring (bicyclic) bond motifs is 2. The van der Waals surface area contributed by atoms with Crippen LogP contribution < -0.4 is 5.32 Å². The van der Waals surface area contributed by atoms with Crippen LogP contribution in [-0.4, -0.2) is 17.5 Å². The second kappa shape index (κ2) is 5.02. The van der Waals surface area contributed by atoms with Crippen LogP contribution in [0.25, 0.3) is 5.70 Å². The minimum atomic E-state index is -0.521. The molecule has 112 valence electrons. The van der Waals surface area contributed by atoms with Gasteiger partial charge < -0.3 is 5.32 Å². The van der Waals surface area contributed by atoms with Gasteiger partial charge in [-0.15, -0.1) is 0 Å². The molecule has 1 N–H and O–H groups in total. The van der Waals surface area contributed by atoms with E-state index >= 15 is 0 Å².